The minimum Gasteiger partial charge on any atom is -0.333 e. The molecule has 0 radical (unpaired) electrons. The van der Waals surface area contributed by atoms with Crippen molar-refractivity contribution < 1.29 is 18.4 Å². The number of benzene rings is 1. The molecule has 3 unspecified atom stereocenters. The van der Waals surface area contributed by atoms with E-state index in [-0.39, 0.29) is 43.0 Å². The molecule has 0 spiro atoms. The smallest absolute Gasteiger partial charge is 0.242 e. The van der Waals surface area contributed by atoms with E-state index in [0.717, 1.165) is 18.9 Å². The maximum atomic E-state index is 13.5. The molecule has 30 heavy (non-hydrogen) atoms. The van der Waals surface area contributed by atoms with Crippen LogP contribution >= 0.6 is 0 Å². The van der Waals surface area contributed by atoms with Crippen molar-refractivity contribution in [2.45, 2.75) is 62.9 Å². The van der Waals surface area contributed by atoms with Crippen molar-refractivity contribution in [3.63, 3.8) is 0 Å². The Hall–Kier alpha value is -2.57. The third-order valence-electron chi connectivity index (χ3n) is 6.21. The number of likely N-dealkylation sites (tertiary alicyclic amines) is 2. The van der Waals surface area contributed by atoms with Gasteiger partial charge in [0.15, 0.2) is 0 Å². The van der Waals surface area contributed by atoms with E-state index >= 15 is 0 Å². The van der Waals surface area contributed by atoms with Gasteiger partial charge in [0.25, 0.3) is 0 Å². The maximum absolute atomic E-state index is 13.5. The first-order chi connectivity index (χ1) is 14.3. The molecule has 4 rings (SSSR count). The number of fused-ring (bicyclic) bond motifs is 2. The number of nitriles is 1. The van der Waals surface area contributed by atoms with E-state index in [0.29, 0.717) is 18.5 Å². The van der Waals surface area contributed by atoms with Gasteiger partial charge in [0.1, 0.15) is 17.7 Å². The van der Waals surface area contributed by atoms with Gasteiger partial charge >= 0.3 is 0 Å². The van der Waals surface area contributed by atoms with Crippen LogP contribution in [-0.4, -0.2) is 69.8 Å². The highest BCUT2D eigenvalue weighted by Gasteiger charge is 2.50. The Kier molecular flexibility index (Phi) is 5.47. The summed E-state index contributed by atoms with van der Waals surface area (Å²) in [6.07, 6.45) is 2.37. The van der Waals surface area contributed by atoms with Gasteiger partial charge in [-0.1, -0.05) is 0 Å². The lowest BCUT2D eigenvalue weighted by Crippen LogP contribution is -2.57. The van der Waals surface area contributed by atoms with E-state index in [9.17, 15) is 23.6 Å². The second-order valence-electron chi connectivity index (χ2n) is 8.49. The average Bonchev–Trinajstić information content (AvgIpc) is 3.37. The molecule has 1 aromatic rings. The molecule has 3 fully saturated rings. The molecule has 7 nitrogen and oxygen atoms in total. The van der Waals surface area contributed by atoms with E-state index in [1.54, 1.807) is 16.7 Å². The molecule has 4 atom stereocenters. The fraction of sp³-hybridized carbons (Fsp3) is 0.571. The normalized spacial score (nSPS) is 25.3. The van der Waals surface area contributed by atoms with Crippen LogP contribution in [0.3, 0.4) is 0 Å². The first-order valence-corrected chi connectivity index (χ1v) is 10.3. The molecule has 160 valence electrons. The fourth-order valence-electron chi connectivity index (χ4n) is 4.67. The lowest BCUT2D eigenvalue weighted by Gasteiger charge is -2.36. The standard InChI is InChI=1S/C21H25F2N5O2/c1-12(8-24)28(16-2-3-16)20(29)18(25)11-26-10-17-7-19(26)21(30)27(17)9-13-4-14(22)6-15(23)5-13/h4-6,12,16-19H,2-3,7,9-11,25H2,1H3/t12-,17?,18?,19?/m0/s1. The second kappa shape index (κ2) is 7.93. The second-order valence-corrected chi connectivity index (χ2v) is 8.49. The van der Waals surface area contributed by atoms with Gasteiger partial charge in [0.2, 0.25) is 11.8 Å². The van der Waals surface area contributed by atoms with Gasteiger partial charge in [-0.15, -0.1) is 0 Å². The largest absolute Gasteiger partial charge is 0.333 e. The van der Waals surface area contributed by atoms with Crippen LogP contribution in [0.15, 0.2) is 18.2 Å². The van der Waals surface area contributed by atoms with E-state index in [2.05, 4.69) is 6.07 Å². The zero-order valence-corrected chi connectivity index (χ0v) is 16.8. The lowest BCUT2D eigenvalue weighted by molar-refractivity contribution is -0.140. The van der Waals surface area contributed by atoms with Crippen molar-refractivity contribution in [1.82, 2.24) is 14.7 Å². The van der Waals surface area contributed by atoms with Crippen LogP contribution in [0.2, 0.25) is 0 Å². The maximum Gasteiger partial charge on any atom is 0.242 e. The molecule has 3 aliphatic rings. The highest BCUT2D eigenvalue weighted by molar-refractivity contribution is 5.86. The van der Waals surface area contributed by atoms with Gasteiger partial charge in [0, 0.05) is 37.8 Å². The number of hydrogen-bond acceptors (Lipinski definition) is 5. The van der Waals surface area contributed by atoms with Crippen LogP contribution in [0.4, 0.5) is 8.78 Å². The molecule has 2 bridgehead atoms. The molecule has 2 N–H and O–H groups in total. The minimum absolute atomic E-state index is 0.0753. The van der Waals surface area contributed by atoms with Crippen LogP contribution < -0.4 is 5.73 Å². The summed E-state index contributed by atoms with van der Waals surface area (Å²) in [6, 6.07) is 3.67. The molecule has 0 aromatic heterocycles. The van der Waals surface area contributed by atoms with E-state index in [1.165, 1.54) is 12.1 Å². The molecule has 2 aliphatic heterocycles. The summed E-state index contributed by atoms with van der Waals surface area (Å²) < 4.78 is 26.9. The van der Waals surface area contributed by atoms with E-state index in [1.807, 2.05) is 4.90 Å². The van der Waals surface area contributed by atoms with Gasteiger partial charge in [-0.25, -0.2) is 8.78 Å². The topological polar surface area (TPSA) is 93.7 Å². The first kappa shape index (κ1) is 20.7. The van der Waals surface area contributed by atoms with Crippen LogP contribution in [0.25, 0.3) is 0 Å². The third kappa shape index (κ3) is 3.89. The Morgan fingerprint density at radius 1 is 1.33 bits per heavy atom. The number of rotatable bonds is 7. The summed E-state index contributed by atoms with van der Waals surface area (Å²) in [5.74, 6) is -1.70. The Morgan fingerprint density at radius 3 is 2.57 bits per heavy atom. The van der Waals surface area contributed by atoms with Gasteiger partial charge in [-0.3, -0.25) is 14.5 Å². The van der Waals surface area contributed by atoms with Crippen LogP contribution in [-0.2, 0) is 16.1 Å². The number of amides is 2. The number of hydrogen-bond donors (Lipinski definition) is 1. The molecule has 1 aliphatic carbocycles. The van der Waals surface area contributed by atoms with Crippen LogP contribution in [0.1, 0.15) is 31.7 Å². The van der Waals surface area contributed by atoms with Crippen molar-refractivity contribution in [3.05, 3.63) is 35.4 Å². The Balaban J connectivity index is 1.38. The molecule has 1 aromatic carbocycles. The molecule has 2 saturated heterocycles. The van der Waals surface area contributed by atoms with Crippen molar-refractivity contribution in [1.29, 1.82) is 5.26 Å². The summed E-state index contributed by atoms with van der Waals surface area (Å²) in [5.41, 5.74) is 6.59. The zero-order chi connectivity index (χ0) is 21.6. The lowest BCUT2D eigenvalue weighted by atomic mass is 10.1. The summed E-state index contributed by atoms with van der Waals surface area (Å²) in [5, 5.41) is 9.21. The van der Waals surface area contributed by atoms with Crippen LogP contribution in [0, 0.1) is 23.0 Å². The number of nitrogens with zero attached hydrogens (tertiary/aromatic N) is 4. The molecule has 9 heteroatoms. The predicted octanol–water partition coefficient (Wildman–Crippen LogP) is 0.980. The molecule has 2 amide bonds. The highest BCUT2D eigenvalue weighted by Crippen LogP contribution is 2.34. The SMILES string of the molecule is C[C@@H](C#N)N(C(=O)C(N)CN1CC2CC1C(=O)N2Cc1cc(F)cc(F)c1)C1CC1. The van der Waals surface area contributed by atoms with Gasteiger partial charge < -0.3 is 15.5 Å². The van der Waals surface area contributed by atoms with E-state index < -0.39 is 23.7 Å². The minimum atomic E-state index is -0.806. The number of carbonyl (C=O) groups excluding carboxylic acids is 2. The summed E-state index contributed by atoms with van der Waals surface area (Å²) in [7, 11) is 0. The van der Waals surface area contributed by atoms with Gasteiger partial charge in [-0.05, 0) is 43.9 Å². The molecular formula is C21H25F2N5O2. The summed E-state index contributed by atoms with van der Waals surface area (Å²) in [6.45, 7) is 2.65. The van der Waals surface area contributed by atoms with Gasteiger partial charge in [-0.2, -0.15) is 5.26 Å². The van der Waals surface area contributed by atoms with E-state index in [4.69, 9.17) is 5.73 Å². The van der Waals surface area contributed by atoms with Crippen molar-refractivity contribution in [2.24, 2.45) is 5.73 Å². The van der Waals surface area contributed by atoms with Crippen molar-refractivity contribution in [3.8, 4) is 6.07 Å². The quantitative estimate of drug-likeness (QED) is 0.714. The first-order valence-electron chi connectivity index (χ1n) is 10.3. The zero-order valence-electron chi connectivity index (χ0n) is 16.8. The van der Waals surface area contributed by atoms with Crippen molar-refractivity contribution >= 4 is 11.8 Å². The van der Waals surface area contributed by atoms with Crippen molar-refractivity contribution in [2.75, 3.05) is 13.1 Å². The number of carbonyl (C=O) groups is 2. The summed E-state index contributed by atoms with van der Waals surface area (Å²) in [4.78, 5) is 30.8. The monoisotopic (exact) mass is 417 g/mol. The predicted molar refractivity (Wildman–Crippen MR) is 104 cm³/mol. The molecular weight excluding hydrogens is 392 g/mol. The number of piperazine rings is 1. The summed E-state index contributed by atoms with van der Waals surface area (Å²) >= 11 is 0. The number of halogens is 2. The average molecular weight is 417 g/mol. The Labute approximate surface area is 174 Å². The molecule has 2 heterocycles. The van der Waals surface area contributed by atoms with Crippen LogP contribution in [0.5, 0.6) is 0 Å². The molecule has 1 saturated carbocycles. The Morgan fingerprint density at radius 2 is 2.00 bits per heavy atom. The Bertz CT molecular complexity index is 880. The fourth-order valence-corrected chi connectivity index (χ4v) is 4.67. The number of nitrogens with two attached hydrogens (primary N) is 1. The third-order valence-corrected chi connectivity index (χ3v) is 6.21. The highest BCUT2D eigenvalue weighted by atomic mass is 19.1. The van der Waals surface area contributed by atoms with Gasteiger partial charge in [0.05, 0.1) is 18.2 Å².